The second-order valence-electron chi connectivity index (χ2n) is 4.00. The number of nitrogens with zero attached hydrogens (tertiary/aromatic N) is 1. The Balaban J connectivity index is 2.13. The molecule has 1 amide bonds. The number of rotatable bonds is 4. The molecule has 5 heteroatoms. The molecule has 5 nitrogen and oxygen atoms in total. The van der Waals surface area contributed by atoms with E-state index in [0.29, 0.717) is 13.1 Å². The van der Waals surface area contributed by atoms with E-state index in [1.54, 1.807) is 25.2 Å². The van der Waals surface area contributed by atoms with E-state index in [1.807, 2.05) is 12.1 Å². The maximum Gasteiger partial charge on any atom is 0.241 e. The average Bonchev–Trinajstić information content (AvgIpc) is 2.38. The van der Waals surface area contributed by atoms with Crippen LogP contribution in [0, 0.1) is 0 Å². The fourth-order valence-corrected chi connectivity index (χ4v) is 1.86. The van der Waals surface area contributed by atoms with Crippen LogP contribution in [-0.2, 0) is 11.3 Å². The number of amides is 1. The summed E-state index contributed by atoms with van der Waals surface area (Å²) in [6.45, 7) is 1.13. The Morgan fingerprint density at radius 2 is 2.18 bits per heavy atom. The molecule has 17 heavy (non-hydrogen) atoms. The van der Waals surface area contributed by atoms with Crippen molar-refractivity contribution in [3.63, 3.8) is 0 Å². The van der Waals surface area contributed by atoms with Gasteiger partial charge in [0.05, 0.1) is 14.2 Å². The molecule has 1 aliphatic rings. The van der Waals surface area contributed by atoms with Gasteiger partial charge in [0.25, 0.3) is 0 Å². The van der Waals surface area contributed by atoms with E-state index in [0.717, 1.165) is 17.1 Å². The number of benzene rings is 1. The summed E-state index contributed by atoms with van der Waals surface area (Å²) in [6, 6.07) is 5.22. The Morgan fingerprint density at radius 3 is 2.71 bits per heavy atom. The third-order valence-electron chi connectivity index (χ3n) is 2.90. The summed E-state index contributed by atoms with van der Waals surface area (Å²) in [5, 5.41) is 0. The van der Waals surface area contributed by atoms with Crippen LogP contribution in [0.2, 0.25) is 0 Å². The Labute approximate surface area is 100 Å². The van der Waals surface area contributed by atoms with E-state index >= 15 is 0 Å². The van der Waals surface area contributed by atoms with Crippen LogP contribution in [0.25, 0.3) is 0 Å². The third-order valence-corrected chi connectivity index (χ3v) is 2.90. The molecule has 1 atom stereocenters. The van der Waals surface area contributed by atoms with Gasteiger partial charge in [0.2, 0.25) is 5.91 Å². The van der Waals surface area contributed by atoms with Crippen LogP contribution in [0.4, 0.5) is 0 Å². The highest BCUT2D eigenvalue weighted by Gasteiger charge is 2.33. The molecule has 1 aliphatic heterocycles. The van der Waals surface area contributed by atoms with Crippen molar-refractivity contribution in [3.05, 3.63) is 23.8 Å². The van der Waals surface area contributed by atoms with Crippen LogP contribution in [0.3, 0.4) is 0 Å². The number of carbonyl (C=O) groups is 1. The minimum atomic E-state index is -0.334. The monoisotopic (exact) mass is 236 g/mol. The highest BCUT2D eigenvalue weighted by Crippen LogP contribution is 2.27. The lowest BCUT2D eigenvalue weighted by atomic mass is 10.1. The predicted octanol–water partition coefficient (Wildman–Crippen LogP) is 0.373. The lowest BCUT2D eigenvalue weighted by molar-refractivity contribution is -0.143. The van der Waals surface area contributed by atoms with Crippen LogP contribution >= 0.6 is 0 Å². The zero-order valence-electron chi connectivity index (χ0n) is 9.97. The van der Waals surface area contributed by atoms with Crippen LogP contribution in [0.1, 0.15) is 5.56 Å². The fraction of sp³-hybridized carbons (Fsp3) is 0.417. The molecule has 0 aliphatic carbocycles. The molecular weight excluding hydrogens is 220 g/mol. The Hall–Kier alpha value is -1.75. The summed E-state index contributed by atoms with van der Waals surface area (Å²) in [5.41, 5.74) is 6.49. The van der Waals surface area contributed by atoms with E-state index in [1.165, 1.54) is 0 Å². The zero-order valence-corrected chi connectivity index (χ0v) is 9.97. The second-order valence-corrected chi connectivity index (χ2v) is 4.00. The maximum atomic E-state index is 11.4. The van der Waals surface area contributed by atoms with Crippen LogP contribution < -0.4 is 15.2 Å². The quantitative estimate of drug-likeness (QED) is 0.767. The first-order valence-electron chi connectivity index (χ1n) is 5.41. The Morgan fingerprint density at radius 1 is 1.41 bits per heavy atom. The van der Waals surface area contributed by atoms with Crippen molar-refractivity contribution in [2.75, 3.05) is 20.8 Å². The normalized spacial score (nSPS) is 18.9. The van der Waals surface area contributed by atoms with Gasteiger partial charge >= 0.3 is 0 Å². The van der Waals surface area contributed by atoms with Crippen LogP contribution in [0.5, 0.6) is 11.5 Å². The van der Waals surface area contributed by atoms with E-state index in [-0.39, 0.29) is 11.9 Å². The molecule has 1 saturated heterocycles. The van der Waals surface area contributed by atoms with E-state index in [2.05, 4.69) is 0 Å². The summed E-state index contributed by atoms with van der Waals surface area (Å²) in [4.78, 5) is 13.1. The molecule has 2 N–H and O–H groups in total. The van der Waals surface area contributed by atoms with Gasteiger partial charge in [-0.1, -0.05) is 0 Å². The van der Waals surface area contributed by atoms with Crippen molar-refractivity contribution in [2.24, 2.45) is 5.73 Å². The minimum Gasteiger partial charge on any atom is -0.497 e. The minimum absolute atomic E-state index is 0.0112. The van der Waals surface area contributed by atoms with Crippen molar-refractivity contribution >= 4 is 5.91 Å². The van der Waals surface area contributed by atoms with E-state index in [9.17, 15) is 4.79 Å². The van der Waals surface area contributed by atoms with Gasteiger partial charge < -0.3 is 20.1 Å². The van der Waals surface area contributed by atoms with Crippen molar-refractivity contribution in [2.45, 2.75) is 12.6 Å². The number of methoxy groups -OCH3 is 2. The lowest BCUT2D eigenvalue weighted by Crippen LogP contribution is -2.60. The summed E-state index contributed by atoms with van der Waals surface area (Å²) < 4.78 is 10.4. The number of hydrogen-bond acceptors (Lipinski definition) is 4. The molecular formula is C12H16N2O3. The average molecular weight is 236 g/mol. The first kappa shape index (κ1) is 11.7. The largest absolute Gasteiger partial charge is 0.497 e. The molecule has 0 saturated carbocycles. The number of β-lactam (4-membered cyclic amide) rings is 1. The topological polar surface area (TPSA) is 64.8 Å². The summed E-state index contributed by atoms with van der Waals surface area (Å²) in [5.74, 6) is 1.44. The molecule has 0 aromatic heterocycles. The molecule has 1 aromatic carbocycles. The maximum absolute atomic E-state index is 11.4. The number of carbonyl (C=O) groups excluding carboxylic acids is 1. The van der Waals surface area contributed by atoms with Crippen molar-refractivity contribution in [1.29, 1.82) is 0 Å². The van der Waals surface area contributed by atoms with E-state index < -0.39 is 0 Å². The standard InChI is InChI=1S/C12H16N2O3/c1-16-9-4-3-8(11(5-9)17-2)6-14-7-10(13)12(14)15/h3-5,10H,6-7,13H2,1-2H3. The van der Waals surface area contributed by atoms with Crippen molar-refractivity contribution in [3.8, 4) is 11.5 Å². The highest BCUT2D eigenvalue weighted by molar-refractivity contribution is 5.87. The van der Waals surface area contributed by atoms with Crippen molar-refractivity contribution in [1.82, 2.24) is 4.90 Å². The Bertz CT molecular complexity index is 434. The molecule has 92 valence electrons. The van der Waals surface area contributed by atoms with Gasteiger partial charge in [-0.15, -0.1) is 0 Å². The summed E-state index contributed by atoms with van der Waals surface area (Å²) >= 11 is 0. The first-order valence-corrected chi connectivity index (χ1v) is 5.41. The van der Waals surface area contributed by atoms with Gasteiger partial charge in [-0.25, -0.2) is 0 Å². The number of hydrogen-bond donors (Lipinski definition) is 1. The SMILES string of the molecule is COc1ccc(CN2CC(N)C2=O)c(OC)c1. The lowest BCUT2D eigenvalue weighted by Gasteiger charge is -2.36. The van der Waals surface area contributed by atoms with E-state index in [4.69, 9.17) is 15.2 Å². The Kier molecular flexibility index (Phi) is 3.19. The van der Waals surface area contributed by atoms with Gasteiger partial charge in [0.15, 0.2) is 0 Å². The van der Waals surface area contributed by atoms with Crippen molar-refractivity contribution < 1.29 is 14.3 Å². The highest BCUT2D eigenvalue weighted by atomic mass is 16.5. The molecule has 1 unspecified atom stereocenters. The number of nitrogens with two attached hydrogens (primary N) is 1. The van der Waals surface area contributed by atoms with Gasteiger partial charge in [0, 0.05) is 24.7 Å². The fourth-order valence-electron chi connectivity index (χ4n) is 1.86. The second kappa shape index (κ2) is 4.63. The smallest absolute Gasteiger partial charge is 0.241 e. The number of likely N-dealkylation sites (tertiary alicyclic amines) is 1. The van der Waals surface area contributed by atoms with Gasteiger partial charge in [-0.2, -0.15) is 0 Å². The molecule has 1 fully saturated rings. The summed E-state index contributed by atoms with van der Waals surface area (Å²) in [7, 11) is 3.20. The molecule has 1 heterocycles. The van der Waals surface area contributed by atoms with Crippen LogP contribution in [0.15, 0.2) is 18.2 Å². The molecule has 0 spiro atoms. The van der Waals surface area contributed by atoms with Gasteiger partial charge in [0.1, 0.15) is 17.5 Å². The molecule has 0 radical (unpaired) electrons. The zero-order chi connectivity index (χ0) is 12.4. The summed E-state index contributed by atoms with van der Waals surface area (Å²) in [6.07, 6.45) is 0. The number of ether oxygens (including phenoxy) is 2. The molecule has 1 aromatic rings. The van der Waals surface area contributed by atoms with Crippen LogP contribution in [-0.4, -0.2) is 37.6 Å². The van der Waals surface area contributed by atoms with Gasteiger partial charge in [-0.05, 0) is 12.1 Å². The molecule has 2 rings (SSSR count). The predicted molar refractivity (Wildman–Crippen MR) is 62.9 cm³/mol. The van der Waals surface area contributed by atoms with Gasteiger partial charge in [-0.3, -0.25) is 4.79 Å². The third kappa shape index (κ3) is 2.19. The molecule has 0 bridgehead atoms. The first-order chi connectivity index (χ1) is 8.15.